The van der Waals surface area contributed by atoms with Crippen LogP contribution < -0.4 is 5.73 Å². The number of rotatable bonds is 1. The van der Waals surface area contributed by atoms with Crippen molar-refractivity contribution in [3.05, 3.63) is 0 Å². The third-order valence-corrected chi connectivity index (χ3v) is 6.45. The fraction of sp³-hybridized carbons (Fsp3) is 1.00. The Kier molecular flexibility index (Phi) is 2.96. The fourth-order valence-electron chi connectivity index (χ4n) is 4.07. The van der Waals surface area contributed by atoms with Crippen LogP contribution in [0.4, 0.5) is 0 Å². The van der Waals surface area contributed by atoms with E-state index in [1.807, 2.05) is 0 Å². The van der Waals surface area contributed by atoms with Crippen LogP contribution in [0.5, 0.6) is 0 Å². The summed E-state index contributed by atoms with van der Waals surface area (Å²) >= 11 is 0. The molecule has 3 rings (SSSR count). The molecule has 0 aliphatic carbocycles. The highest BCUT2D eigenvalue weighted by atomic mass is 32.2. The Bertz CT molecular complexity index is 381. The van der Waals surface area contributed by atoms with E-state index in [0.29, 0.717) is 29.6 Å². The second-order valence-corrected chi connectivity index (χ2v) is 8.20. The average Bonchev–Trinajstić information content (AvgIpc) is 2.57. The number of piperidine rings is 2. The number of nitrogens with two attached hydrogens (primary N) is 1. The molecule has 3 aliphatic rings. The molecular formula is C12H22N2O2S. The van der Waals surface area contributed by atoms with E-state index in [0.717, 1.165) is 19.3 Å². The first-order valence-corrected chi connectivity index (χ1v) is 8.61. The van der Waals surface area contributed by atoms with E-state index in [9.17, 15) is 8.42 Å². The molecule has 0 amide bonds. The van der Waals surface area contributed by atoms with Crippen molar-refractivity contribution in [2.75, 3.05) is 11.5 Å². The minimum Gasteiger partial charge on any atom is -0.328 e. The standard InChI is InChI=1S/C12H22N2O2S/c13-9-6-10-2-1-3-11(7-9)14(10)12-4-5-17(15,16)8-12/h9-12H,1-8,13H2. The summed E-state index contributed by atoms with van der Waals surface area (Å²) in [5.41, 5.74) is 6.09. The van der Waals surface area contributed by atoms with Crippen molar-refractivity contribution in [3.63, 3.8) is 0 Å². The molecule has 0 aromatic heterocycles. The van der Waals surface area contributed by atoms with Crippen molar-refractivity contribution in [2.24, 2.45) is 5.73 Å². The maximum absolute atomic E-state index is 11.6. The molecular weight excluding hydrogens is 236 g/mol. The quantitative estimate of drug-likeness (QED) is 0.744. The molecule has 2 N–H and O–H groups in total. The van der Waals surface area contributed by atoms with Gasteiger partial charge in [-0.3, -0.25) is 4.90 Å². The van der Waals surface area contributed by atoms with Gasteiger partial charge in [-0.25, -0.2) is 8.42 Å². The molecule has 4 nitrogen and oxygen atoms in total. The molecule has 2 bridgehead atoms. The van der Waals surface area contributed by atoms with Crippen LogP contribution >= 0.6 is 0 Å². The van der Waals surface area contributed by atoms with Crippen LogP contribution in [0.25, 0.3) is 0 Å². The summed E-state index contributed by atoms with van der Waals surface area (Å²) < 4.78 is 23.2. The third-order valence-electron chi connectivity index (χ3n) is 4.70. The molecule has 3 aliphatic heterocycles. The molecule has 0 aromatic carbocycles. The van der Waals surface area contributed by atoms with E-state index < -0.39 is 9.84 Å². The number of nitrogens with zero attached hydrogens (tertiary/aromatic N) is 1. The molecule has 17 heavy (non-hydrogen) atoms. The van der Waals surface area contributed by atoms with Crippen LogP contribution in [-0.2, 0) is 9.84 Å². The summed E-state index contributed by atoms with van der Waals surface area (Å²) in [6.45, 7) is 0. The molecule has 0 radical (unpaired) electrons. The second-order valence-electron chi connectivity index (χ2n) is 5.97. The van der Waals surface area contributed by atoms with Gasteiger partial charge in [0.25, 0.3) is 0 Å². The minimum absolute atomic E-state index is 0.280. The molecule has 3 fully saturated rings. The fourth-order valence-corrected chi connectivity index (χ4v) is 5.79. The van der Waals surface area contributed by atoms with Crippen molar-refractivity contribution in [3.8, 4) is 0 Å². The number of hydrogen-bond acceptors (Lipinski definition) is 4. The second kappa shape index (κ2) is 4.21. The van der Waals surface area contributed by atoms with Crippen LogP contribution in [0, 0.1) is 0 Å². The van der Waals surface area contributed by atoms with E-state index in [2.05, 4.69) is 4.90 Å². The molecule has 3 atom stereocenters. The van der Waals surface area contributed by atoms with Crippen LogP contribution in [0.1, 0.15) is 38.5 Å². The Morgan fingerprint density at radius 2 is 1.65 bits per heavy atom. The normalized spacial score (nSPS) is 45.9. The van der Waals surface area contributed by atoms with E-state index in [4.69, 9.17) is 5.73 Å². The molecule has 3 saturated heterocycles. The molecule has 3 unspecified atom stereocenters. The van der Waals surface area contributed by atoms with E-state index >= 15 is 0 Å². The highest BCUT2D eigenvalue weighted by molar-refractivity contribution is 7.91. The van der Waals surface area contributed by atoms with Gasteiger partial charge in [0, 0.05) is 24.2 Å². The van der Waals surface area contributed by atoms with Gasteiger partial charge < -0.3 is 5.73 Å². The molecule has 98 valence electrons. The first kappa shape index (κ1) is 11.9. The van der Waals surface area contributed by atoms with E-state index in [1.165, 1.54) is 19.3 Å². The van der Waals surface area contributed by atoms with Gasteiger partial charge in [0.15, 0.2) is 9.84 Å². The summed E-state index contributed by atoms with van der Waals surface area (Å²) in [5, 5.41) is 0. The molecule has 0 aromatic rings. The van der Waals surface area contributed by atoms with Gasteiger partial charge in [-0.2, -0.15) is 0 Å². The van der Waals surface area contributed by atoms with Gasteiger partial charge in [-0.05, 0) is 32.1 Å². The Labute approximate surface area is 103 Å². The lowest BCUT2D eigenvalue weighted by Crippen LogP contribution is -2.59. The Hall–Kier alpha value is -0.130. The van der Waals surface area contributed by atoms with Crippen LogP contribution in [-0.4, -0.2) is 49.0 Å². The SMILES string of the molecule is NC1CC2CCCC(C1)N2C1CCS(=O)(=O)C1. The highest BCUT2D eigenvalue weighted by Gasteiger charge is 2.43. The van der Waals surface area contributed by atoms with Crippen LogP contribution in [0.3, 0.4) is 0 Å². The molecule has 5 heteroatoms. The topological polar surface area (TPSA) is 63.4 Å². The first-order chi connectivity index (χ1) is 8.05. The highest BCUT2D eigenvalue weighted by Crippen LogP contribution is 2.37. The Balaban J connectivity index is 1.78. The molecule has 0 spiro atoms. The average molecular weight is 258 g/mol. The number of fused-ring (bicyclic) bond motifs is 2. The smallest absolute Gasteiger partial charge is 0.151 e. The largest absolute Gasteiger partial charge is 0.328 e. The maximum Gasteiger partial charge on any atom is 0.151 e. The maximum atomic E-state index is 11.6. The van der Waals surface area contributed by atoms with Crippen LogP contribution in [0.2, 0.25) is 0 Å². The summed E-state index contributed by atoms with van der Waals surface area (Å²) in [6.07, 6.45) is 6.67. The lowest BCUT2D eigenvalue weighted by molar-refractivity contribution is 0.00277. The van der Waals surface area contributed by atoms with Gasteiger partial charge in [0.05, 0.1) is 11.5 Å². The summed E-state index contributed by atoms with van der Waals surface area (Å²) in [7, 11) is -2.76. The zero-order chi connectivity index (χ0) is 12.0. The Morgan fingerprint density at radius 1 is 1.00 bits per heavy atom. The summed E-state index contributed by atoms with van der Waals surface area (Å²) in [6, 6.07) is 1.72. The zero-order valence-corrected chi connectivity index (χ0v) is 11.0. The van der Waals surface area contributed by atoms with Crippen molar-refractivity contribution < 1.29 is 8.42 Å². The van der Waals surface area contributed by atoms with E-state index in [-0.39, 0.29) is 6.04 Å². The van der Waals surface area contributed by atoms with Gasteiger partial charge >= 0.3 is 0 Å². The number of hydrogen-bond donors (Lipinski definition) is 1. The van der Waals surface area contributed by atoms with Crippen molar-refractivity contribution in [2.45, 2.75) is 62.7 Å². The van der Waals surface area contributed by atoms with Crippen molar-refractivity contribution >= 4 is 9.84 Å². The zero-order valence-electron chi connectivity index (χ0n) is 10.2. The Morgan fingerprint density at radius 3 is 2.18 bits per heavy atom. The van der Waals surface area contributed by atoms with E-state index in [1.54, 1.807) is 0 Å². The molecule has 3 heterocycles. The third kappa shape index (κ3) is 2.25. The van der Waals surface area contributed by atoms with Crippen molar-refractivity contribution in [1.82, 2.24) is 4.90 Å². The van der Waals surface area contributed by atoms with Gasteiger partial charge in [-0.15, -0.1) is 0 Å². The number of sulfone groups is 1. The van der Waals surface area contributed by atoms with Gasteiger partial charge in [-0.1, -0.05) is 6.42 Å². The minimum atomic E-state index is -2.76. The molecule has 0 saturated carbocycles. The lowest BCUT2D eigenvalue weighted by atomic mass is 9.81. The lowest BCUT2D eigenvalue weighted by Gasteiger charge is -2.50. The summed E-state index contributed by atoms with van der Waals surface area (Å²) in [4.78, 5) is 2.53. The summed E-state index contributed by atoms with van der Waals surface area (Å²) in [5.74, 6) is 0.773. The van der Waals surface area contributed by atoms with Gasteiger partial charge in [0.2, 0.25) is 0 Å². The first-order valence-electron chi connectivity index (χ1n) is 6.78. The van der Waals surface area contributed by atoms with Crippen molar-refractivity contribution in [1.29, 1.82) is 0 Å². The van der Waals surface area contributed by atoms with Crippen LogP contribution in [0.15, 0.2) is 0 Å². The van der Waals surface area contributed by atoms with Gasteiger partial charge in [0.1, 0.15) is 0 Å². The monoisotopic (exact) mass is 258 g/mol. The predicted octanol–water partition coefficient (Wildman–Crippen LogP) is 0.518. The predicted molar refractivity (Wildman–Crippen MR) is 67.5 cm³/mol.